The molecule has 0 aromatic heterocycles. The first-order chi connectivity index (χ1) is 16.3. The number of rotatable bonds is 17. The van der Waals surface area contributed by atoms with Gasteiger partial charge in [-0.05, 0) is 43.1 Å². The third kappa shape index (κ3) is 12.6. The molecule has 13 heteroatoms. The number of nitrogens with zero attached hydrogens (tertiary/aromatic N) is 1. The molecule has 0 fully saturated rings. The van der Waals surface area contributed by atoms with Crippen LogP contribution in [0, 0.1) is 11.8 Å². The number of aliphatic carboxylic acids is 1. The van der Waals surface area contributed by atoms with Gasteiger partial charge in [-0.25, -0.2) is 4.79 Å². The van der Waals surface area contributed by atoms with Crippen molar-refractivity contribution in [2.75, 3.05) is 18.6 Å². The SMILES string of the molecule is CCC(C)C(NC(=O)C(N)C(C)C)C(=O)NC(CCSC)C(=O)NC(CCCN=C(N)N)C(=O)O. The summed E-state index contributed by atoms with van der Waals surface area (Å²) in [4.78, 5) is 54.0. The second-order valence-corrected chi connectivity index (χ2v) is 9.82. The topological polar surface area (TPSA) is 215 Å². The van der Waals surface area contributed by atoms with Crippen molar-refractivity contribution in [3.05, 3.63) is 0 Å². The summed E-state index contributed by atoms with van der Waals surface area (Å²) in [6, 6.07) is -3.81. The van der Waals surface area contributed by atoms with Crippen LogP contribution in [0.4, 0.5) is 0 Å². The van der Waals surface area contributed by atoms with Crippen LogP contribution in [-0.2, 0) is 19.2 Å². The van der Waals surface area contributed by atoms with Crippen molar-refractivity contribution in [1.29, 1.82) is 0 Å². The Balaban J connectivity index is 5.47. The van der Waals surface area contributed by atoms with Gasteiger partial charge in [0.15, 0.2) is 5.96 Å². The molecule has 202 valence electrons. The van der Waals surface area contributed by atoms with E-state index >= 15 is 0 Å². The molecule has 10 N–H and O–H groups in total. The number of carboxylic acids is 1. The van der Waals surface area contributed by atoms with E-state index in [1.165, 1.54) is 11.8 Å². The quantitative estimate of drug-likeness (QED) is 0.0740. The largest absolute Gasteiger partial charge is 0.480 e. The smallest absolute Gasteiger partial charge is 0.326 e. The molecule has 5 unspecified atom stereocenters. The molecule has 3 amide bonds. The second kappa shape index (κ2) is 17.0. The molecular formula is C22H43N7O5S. The summed E-state index contributed by atoms with van der Waals surface area (Å²) in [5, 5.41) is 17.4. The number of hydrogen-bond donors (Lipinski definition) is 7. The van der Waals surface area contributed by atoms with Crippen LogP contribution in [0.5, 0.6) is 0 Å². The number of carbonyl (C=O) groups is 4. The van der Waals surface area contributed by atoms with Crippen molar-refractivity contribution in [3.8, 4) is 0 Å². The van der Waals surface area contributed by atoms with Crippen molar-refractivity contribution in [3.63, 3.8) is 0 Å². The molecule has 35 heavy (non-hydrogen) atoms. The maximum Gasteiger partial charge on any atom is 0.326 e. The van der Waals surface area contributed by atoms with Crippen LogP contribution in [0.25, 0.3) is 0 Å². The zero-order chi connectivity index (χ0) is 27.1. The number of carboxylic acid groups (broad SMARTS) is 1. The maximum atomic E-state index is 13.1. The van der Waals surface area contributed by atoms with E-state index in [9.17, 15) is 24.3 Å². The summed E-state index contributed by atoms with van der Waals surface area (Å²) in [6.07, 6.45) is 3.20. The first-order valence-corrected chi connectivity index (χ1v) is 13.2. The molecule has 0 bridgehead atoms. The van der Waals surface area contributed by atoms with Gasteiger partial charge in [0.25, 0.3) is 0 Å². The lowest BCUT2D eigenvalue weighted by molar-refractivity contribution is -0.142. The van der Waals surface area contributed by atoms with Crippen molar-refractivity contribution < 1.29 is 24.3 Å². The van der Waals surface area contributed by atoms with Crippen LogP contribution >= 0.6 is 11.8 Å². The molecule has 0 aliphatic carbocycles. The fourth-order valence-electron chi connectivity index (χ4n) is 3.05. The number of hydrogen-bond acceptors (Lipinski definition) is 7. The minimum Gasteiger partial charge on any atom is -0.480 e. The van der Waals surface area contributed by atoms with Gasteiger partial charge in [0.2, 0.25) is 17.7 Å². The van der Waals surface area contributed by atoms with Gasteiger partial charge in [0.1, 0.15) is 18.1 Å². The average Bonchev–Trinajstić information content (AvgIpc) is 2.79. The predicted octanol–water partition coefficient (Wildman–Crippen LogP) is -0.638. The normalized spacial score (nSPS) is 15.3. The van der Waals surface area contributed by atoms with Gasteiger partial charge in [-0.2, -0.15) is 11.8 Å². The number of amides is 3. The standard InChI is InChI=1S/C22H43N7O5S/c1-6-13(4)17(29-19(31)16(23)12(2)3)20(32)27-14(9-11-35-5)18(30)28-15(21(33)34)8-7-10-26-22(24)25/h12-17H,6-11,23H2,1-5H3,(H,27,32)(H,28,30)(H,29,31)(H,33,34)(H4,24,25,26). The zero-order valence-corrected chi connectivity index (χ0v) is 22.2. The van der Waals surface area contributed by atoms with Gasteiger partial charge in [-0.15, -0.1) is 0 Å². The van der Waals surface area contributed by atoms with Gasteiger partial charge < -0.3 is 38.3 Å². The molecule has 0 spiro atoms. The molecule has 0 saturated carbocycles. The Hall–Kier alpha value is -2.54. The maximum absolute atomic E-state index is 13.1. The van der Waals surface area contributed by atoms with Crippen LogP contribution in [-0.4, -0.2) is 77.5 Å². The molecule has 0 aliphatic heterocycles. The molecule has 0 aromatic rings. The van der Waals surface area contributed by atoms with Gasteiger partial charge >= 0.3 is 5.97 Å². The summed E-state index contributed by atoms with van der Waals surface area (Å²) < 4.78 is 0. The minimum atomic E-state index is -1.20. The lowest BCUT2D eigenvalue weighted by Gasteiger charge is -2.28. The highest BCUT2D eigenvalue weighted by molar-refractivity contribution is 7.98. The minimum absolute atomic E-state index is 0.0990. The lowest BCUT2D eigenvalue weighted by Crippen LogP contribution is -2.59. The van der Waals surface area contributed by atoms with E-state index in [2.05, 4.69) is 20.9 Å². The van der Waals surface area contributed by atoms with Crippen molar-refractivity contribution in [1.82, 2.24) is 16.0 Å². The van der Waals surface area contributed by atoms with Crippen LogP contribution in [0.15, 0.2) is 4.99 Å². The average molecular weight is 518 g/mol. The Morgan fingerprint density at radius 1 is 0.943 bits per heavy atom. The fraction of sp³-hybridized carbons (Fsp3) is 0.773. The summed E-state index contributed by atoms with van der Waals surface area (Å²) in [7, 11) is 0. The summed E-state index contributed by atoms with van der Waals surface area (Å²) >= 11 is 1.48. The summed E-state index contributed by atoms with van der Waals surface area (Å²) in [5.41, 5.74) is 16.5. The van der Waals surface area contributed by atoms with Crippen LogP contribution in [0.2, 0.25) is 0 Å². The van der Waals surface area contributed by atoms with E-state index in [0.29, 0.717) is 18.6 Å². The third-order valence-electron chi connectivity index (χ3n) is 5.62. The first kappa shape index (κ1) is 32.5. The van der Waals surface area contributed by atoms with Crippen LogP contribution < -0.4 is 33.2 Å². The van der Waals surface area contributed by atoms with Crippen LogP contribution in [0.1, 0.15) is 53.4 Å². The van der Waals surface area contributed by atoms with Gasteiger partial charge in [0.05, 0.1) is 6.04 Å². The third-order valence-corrected chi connectivity index (χ3v) is 6.26. The second-order valence-electron chi connectivity index (χ2n) is 8.83. The monoisotopic (exact) mass is 517 g/mol. The molecular weight excluding hydrogens is 474 g/mol. The first-order valence-electron chi connectivity index (χ1n) is 11.8. The van der Waals surface area contributed by atoms with Crippen molar-refractivity contribution in [2.24, 2.45) is 34.0 Å². The van der Waals surface area contributed by atoms with Crippen molar-refractivity contribution >= 4 is 41.4 Å². The summed E-state index contributed by atoms with van der Waals surface area (Å²) in [6.45, 7) is 7.54. The Bertz CT molecular complexity index is 731. The van der Waals surface area contributed by atoms with Gasteiger partial charge in [0, 0.05) is 6.54 Å². The number of thioether (sulfide) groups is 1. The highest BCUT2D eigenvalue weighted by atomic mass is 32.2. The molecule has 0 aromatic carbocycles. The molecule has 12 nitrogen and oxygen atoms in total. The highest BCUT2D eigenvalue weighted by Crippen LogP contribution is 2.11. The van der Waals surface area contributed by atoms with Gasteiger partial charge in [-0.1, -0.05) is 34.1 Å². The molecule has 5 atom stereocenters. The predicted molar refractivity (Wildman–Crippen MR) is 139 cm³/mol. The summed E-state index contributed by atoms with van der Waals surface area (Å²) in [5.74, 6) is -2.67. The Kier molecular flexibility index (Phi) is 15.7. The van der Waals surface area contributed by atoms with E-state index < -0.39 is 47.9 Å². The Morgan fingerprint density at radius 2 is 1.54 bits per heavy atom. The molecule has 0 saturated heterocycles. The number of carbonyl (C=O) groups excluding carboxylic acids is 3. The molecule has 0 radical (unpaired) electrons. The number of nitrogens with one attached hydrogen (secondary N) is 3. The van der Waals surface area contributed by atoms with Crippen molar-refractivity contribution in [2.45, 2.75) is 77.5 Å². The molecule has 0 aliphatic rings. The fourth-order valence-corrected chi connectivity index (χ4v) is 3.52. The lowest BCUT2D eigenvalue weighted by atomic mass is 9.96. The van der Waals surface area contributed by atoms with E-state index in [0.717, 1.165) is 0 Å². The van der Waals surface area contributed by atoms with Gasteiger partial charge in [-0.3, -0.25) is 19.4 Å². The highest BCUT2D eigenvalue weighted by Gasteiger charge is 2.32. The van der Waals surface area contributed by atoms with E-state index in [1.54, 1.807) is 0 Å². The number of nitrogens with two attached hydrogens (primary N) is 3. The Morgan fingerprint density at radius 3 is 2.03 bits per heavy atom. The van der Waals surface area contributed by atoms with E-state index in [1.807, 2.05) is 34.0 Å². The zero-order valence-electron chi connectivity index (χ0n) is 21.4. The van der Waals surface area contributed by atoms with E-state index in [-0.39, 0.29) is 37.2 Å². The Labute approximate surface area is 212 Å². The van der Waals surface area contributed by atoms with Crippen LogP contribution in [0.3, 0.4) is 0 Å². The van der Waals surface area contributed by atoms with E-state index in [4.69, 9.17) is 17.2 Å². The molecule has 0 rings (SSSR count). The number of aliphatic imine (C=N–C) groups is 1. The number of guanidine groups is 1. The molecule has 0 heterocycles.